The normalized spacial score (nSPS) is 9.96. The van der Waals surface area contributed by atoms with Gasteiger partial charge in [0.25, 0.3) is 5.91 Å². The molecular formula is C20H17N5O2. The molecule has 0 unspecified atom stereocenters. The molecular weight excluding hydrogens is 342 g/mol. The van der Waals surface area contributed by atoms with Crippen LogP contribution in [-0.2, 0) is 0 Å². The standard InChI is InChI=1S/C20H17N5O2/c1-13-6-7-18(27-2)17(10-13)25-20-22-9-8-16(24-20)19(26)23-15-5-3-4-14(11-15)12-21/h3-11H,1-2H3,(H,23,26)(H,22,24,25). The Morgan fingerprint density at radius 2 is 2.04 bits per heavy atom. The van der Waals surface area contributed by atoms with Crippen LogP contribution in [0, 0.1) is 18.3 Å². The lowest BCUT2D eigenvalue weighted by Crippen LogP contribution is -2.15. The number of methoxy groups -OCH3 is 1. The molecule has 27 heavy (non-hydrogen) atoms. The first-order chi connectivity index (χ1) is 13.1. The molecule has 1 amide bonds. The molecule has 0 radical (unpaired) electrons. The van der Waals surface area contributed by atoms with Gasteiger partial charge in [-0.3, -0.25) is 4.79 Å². The average molecular weight is 359 g/mol. The first-order valence-electron chi connectivity index (χ1n) is 8.15. The number of ether oxygens (including phenoxy) is 1. The molecule has 1 heterocycles. The van der Waals surface area contributed by atoms with Gasteiger partial charge in [-0.2, -0.15) is 5.26 Å². The number of carbonyl (C=O) groups is 1. The van der Waals surface area contributed by atoms with Crippen molar-refractivity contribution >= 4 is 23.2 Å². The van der Waals surface area contributed by atoms with E-state index >= 15 is 0 Å². The number of aromatic nitrogens is 2. The number of hydrogen-bond acceptors (Lipinski definition) is 6. The van der Waals surface area contributed by atoms with Crippen molar-refractivity contribution in [1.29, 1.82) is 5.26 Å². The third-order valence-corrected chi connectivity index (χ3v) is 3.74. The molecule has 0 saturated heterocycles. The lowest BCUT2D eigenvalue weighted by Gasteiger charge is -2.11. The molecule has 2 aromatic carbocycles. The zero-order chi connectivity index (χ0) is 19.2. The minimum Gasteiger partial charge on any atom is -0.495 e. The van der Waals surface area contributed by atoms with Gasteiger partial charge in [-0.1, -0.05) is 12.1 Å². The van der Waals surface area contributed by atoms with Gasteiger partial charge < -0.3 is 15.4 Å². The average Bonchev–Trinajstić information content (AvgIpc) is 2.68. The van der Waals surface area contributed by atoms with Gasteiger partial charge in [-0.05, 0) is 48.9 Å². The summed E-state index contributed by atoms with van der Waals surface area (Å²) in [6.07, 6.45) is 1.50. The molecule has 0 aliphatic carbocycles. The molecule has 134 valence electrons. The number of hydrogen-bond donors (Lipinski definition) is 2. The topological polar surface area (TPSA) is 99.9 Å². The first kappa shape index (κ1) is 17.9. The van der Waals surface area contributed by atoms with Gasteiger partial charge in [-0.25, -0.2) is 9.97 Å². The van der Waals surface area contributed by atoms with Crippen LogP contribution in [0.2, 0.25) is 0 Å². The Morgan fingerprint density at radius 3 is 2.81 bits per heavy atom. The summed E-state index contributed by atoms with van der Waals surface area (Å²) in [7, 11) is 1.58. The third-order valence-electron chi connectivity index (χ3n) is 3.74. The lowest BCUT2D eigenvalue weighted by atomic mass is 10.2. The maximum atomic E-state index is 12.5. The van der Waals surface area contributed by atoms with Crippen molar-refractivity contribution < 1.29 is 9.53 Å². The van der Waals surface area contributed by atoms with Crippen molar-refractivity contribution in [1.82, 2.24) is 9.97 Å². The number of rotatable bonds is 5. The van der Waals surface area contributed by atoms with Gasteiger partial charge in [0.2, 0.25) is 5.95 Å². The van der Waals surface area contributed by atoms with E-state index in [0.29, 0.717) is 22.7 Å². The summed E-state index contributed by atoms with van der Waals surface area (Å²) in [6.45, 7) is 1.96. The molecule has 1 aromatic heterocycles. The van der Waals surface area contributed by atoms with E-state index in [0.717, 1.165) is 5.56 Å². The molecule has 0 fully saturated rings. The van der Waals surface area contributed by atoms with Gasteiger partial charge in [0.05, 0.1) is 24.4 Å². The highest BCUT2D eigenvalue weighted by Gasteiger charge is 2.11. The summed E-state index contributed by atoms with van der Waals surface area (Å²) in [5, 5.41) is 14.7. The highest BCUT2D eigenvalue weighted by atomic mass is 16.5. The van der Waals surface area contributed by atoms with E-state index in [1.807, 2.05) is 31.2 Å². The molecule has 0 spiro atoms. The van der Waals surface area contributed by atoms with Gasteiger partial charge in [-0.15, -0.1) is 0 Å². The third kappa shape index (κ3) is 4.38. The van der Waals surface area contributed by atoms with E-state index in [1.54, 1.807) is 31.4 Å². The predicted molar refractivity (Wildman–Crippen MR) is 102 cm³/mol. The molecule has 7 heteroatoms. The number of nitriles is 1. The molecule has 7 nitrogen and oxygen atoms in total. The van der Waals surface area contributed by atoms with Gasteiger partial charge in [0.1, 0.15) is 11.4 Å². The van der Waals surface area contributed by atoms with Crippen LogP contribution >= 0.6 is 0 Å². The van der Waals surface area contributed by atoms with Crippen LogP contribution in [-0.4, -0.2) is 23.0 Å². The van der Waals surface area contributed by atoms with E-state index in [4.69, 9.17) is 10.00 Å². The number of anilines is 3. The molecule has 0 aliphatic heterocycles. The zero-order valence-electron chi connectivity index (χ0n) is 14.9. The SMILES string of the molecule is COc1ccc(C)cc1Nc1nccc(C(=O)Nc2cccc(C#N)c2)n1. The number of aryl methyl sites for hydroxylation is 1. The highest BCUT2D eigenvalue weighted by molar-refractivity contribution is 6.03. The Morgan fingerprint density at radius 1 is 1.19 bits per heavy atom. The van der Waals surface area contributed by atoms with E-state index in [9.17, 15) is 4.79 Å². The van der Waals surface area contributed by atoms with E-state index < -0.39 is 5.91 Å². The zero-order valence-corrected chi connectivity index (χ0v) is 14.9. The molecule has 3 rings (SSSR count). The summed E-state index contributed by atoms with van der Waals surface area (Å²) in [5.74, 6) is 0.524. The number of benzene rings is 2. The van der Waals surface area contributed by atoms with E-state index in [2.05, 4.69) is 20.6 Å². The lowest BCUT2D eigenvalue weighted by molar-refractivity contribution is 0.102. The van der Waals surface area contributed by atoms with E-state index in [-0.39, 0.29) is 11.6 Å². The predicted octanol–water partition coefficient (Wildman–Crippen LogP) is 3.66. The monoisotopic (exact) mass is 359 g/mol. The Bertz CT molecular complexity index is 1030. The maximum Gasteiger partial charge on any atom is 0.274 e. The summed E-state index contributed by atoms with van der Waals surface area (Å²) < 4.78 is 5.33. The smallest absolute Gasteiger partial charge is 0.274 e. The van der Waals surface area contributed by atoms with Crippen LogP contribution in [0.1, 0.15) is 21.6 Å². The Hall–Kier alpha value is -3.92. The van der Waals surface area contributed by atoms with Crippen LogP contribution in [0.5, 0.6) is 5.75 Å². The molecule has 0 aliphatic rings. The second-order valence-electron chi connectivity index (χ2n) is 5.74. The summed E-state index contributed by atoms with van der Waals surface area (Å²) >= 11 is 0. The number of nitrogens with one attached hydrogen (secondary N) is 2. The van der Waals surface area contributed by atoms with Crippen molar-refractivity contribution in [3.8, 4) is 11.8 Å². The van der Waals surface area contributed by atoms with Crippen LogP contribution in [0.15, 0.2) is 54.7 Å². The fourth-order valence-electron chi connectivity index (χ4n) is 2.45. The highest BCUT2D eigenvalue weighted by Crippen LogP contribution is 2.27. The Kier molecular flexibility index (Phi) is 5.28. The fourth-order valence-corrected chi connectivity index (χ4v) is 2.45. The van der Waals surface area contributed by atoms with Gasteiger partial charge >= 0.3 is 0 Å². The van der Waals surface area contributed by atoms with Crippen molar-refractivity contribution in [3.05, 3.63) is 71.5 Å². The number of amides is 1. The molecule has 0 atom stereocenters. The minimum absolute atomic E-state index is 0.196. The number of carbonyl (C=O) groups excluding carboxylic acids is 1. The summed E-state index contributed by atoms with van der Waals surface area (Å²) in [6, 6.07) is 15.9. The Labute approximate surface area is 156 Å². The first-order valence-corrected chi connectivity index (χ1v) is 8.15. The molecule has 0 saturated carbocycles. The minimum atomic E-state index is -0.397. The Balaban J connectivity index is 1.80. The van der Waals surface area contributed by atoms with Gasteiger partial charge in [0.15, 0.2) is 0 Å². The molecule has 3 aromatic rings. The summed E-state index contributed by atoms with van der Waals surface area (Å²) in [5.41, 5.74) is 2.93. The largest absolute Gasteiger partial charge is 0.495 e. The van der Waals surface area contributed by atoms with Crippen LogP contribution in [0.3, 0.4) is 0 Å². The van der Waals surface area contributed by atoms with Gasteiger partial charge in [0, 0.05) is 11.9 Å². The van der Waals surface area contributed by atoms with Crippen molar-refractivity contribution in [2.45, 2.75) is 6.92 Å². The second-order valence-corrected chi connectivity index (χ2v) is 5.74. The van der Waals surface area contributed by atoms with Crippen LogP contribution in [0.4, 0.5) is 17.3 Å². The quantitative estimate of drug-likeness (QED) is 0.721. The number of nitrogens with zero attached hydrogens (tertiary/aromatic N) is 3. The maximum absolute atomic E-state index is 12.5. The van der Waals surface area contributed by atoms with Crippen LogP contribution in [0.25, 0.3) is 0 Å². The fraction of sp³-hybridized carbons (Fsp3) is 0.100. The van der Waals surface area contributed by atoms with E-state index in [1.165, 1.54) is 12.3 Å². The van der Waals surface area contributed by atoms with Crippen molar-refractivity contribution in [2.24, 2.45) is 0 Å². The van der Waals surface area contributed by atoms with Crippen molar-refractivity contribution in [2.75, 3.05) is 17.7 Å². The summed E-state index contributed by atoms with van der Waals surface area (Å²) in [4.78, 5) is 20.9. The second kappa shape index (κ2) is 7.97. The molecule has 0 bridgehead atoms. The van der Waals surface area contributed by atoms with Crippen LogP contribution < -0.4 is 15.4 Å². The molecule has 2 N–H and O–H groups in total. The van der Waals surface area contributed by atoms with Crippen molar-refractivity contribution in [3.63, 3.8) is 0 Å².